The van der Waals surface area contributed by atoms with Crippen LogP contribution in [0, 0.1) is 5.92 Å². The maximum Gasteiger partial charge on any atom is 0.573 e. The number of halogens is 5. The van der Waals surface area contributed by atoms with Crippen LogP contribution in [0.2, 0.25) is 0 Å². The molecule has 1 fully saturated rings. The minimum Gasteiger partial charge on any atom is -0.406 e. The van der Waals surface area contributed by atoms with Crippen LogP contribution in [-0.4, -0.2) is 18.1 Å². The molecule has 2 nitrogen and oxygen atoms in total. The second-order valence-electron chi connectivity index (χ2n) is 5.07. The molecule has 7 heteroatoms. The average Bonchev–Trinajstić information content (AvgIpc) is 2.36. The highest BCUT2D eigenvalue weighted by Gasteiger charge is 2.37. The van der Waals surface area contributed by atoms with E-state index in [-0.39, 0.29) is 31.2 Å². The third-order valence-electron chi connectivity index (χ3n) is 3.44. The molecule has 0 bridgehead atoms. The van der Waals surface area contributed by atoms with E-state index in [1.165, 1.54) is 12.1 Å². The number of alkyl halides is 5. The van der Waals surface area contributed by atoms with E-state index in [0.717, 1.165) is 12.1 Å². The van der Waals surface area contributed by atoms with Gasteiger partial charge < -0.3 is 4.74 Å². The number of ether oxygens (including phenoxy) is 1. The summed E-state index contributed by atoms with van der Waals surface area (Å²) in [6, 6.07) is 4.70. The van der Waals surface area contributed by atoms with Gasteiger partial charge in [0.1, 0.15) is 5.75 Å². The molecule has 116 valence electrons. The number of rotatable bonds is 3. The van der Waals surface area contributed by atoms with Gasteiger partial charge in [-0.2, -0.15) is 0 Å². The number of ketones is 1. The fraction of sp³-hybridized carbons (Fsp3) is 0.500. The standard InChI is InChI=1S/C14H13F5O2/c15-13(16)6-4-9(5-7-13)12(20)10-2-1-3-11(8-10)21-14(17,18)19/h1-3,8-9H,4-7H2. The Labute approximate surface area is 117 Å². The van der Waals surface area contributed by atoms with Gasteiger partial charge in [0.15, 0.2) is 5.78 Å². The normalized spacial score (nSPS) is 19.3. The lowest BCUT2D eigenvalue weighted by Gasteiger charge is -2.27. The summed E-state index contributed by atoms with van der Waals surface area (Å²) >= 11 is 0. The lowest BCUT2D eigenvalue weighted by Crippen LogP contribution is -2.28. The molecule has 0 unspecified atom stereocenters. The fourth-order valence-corrected chi connectivity index (χ4v) is 2.38. The summed E-state index contributed by atoms with van der Waals surface area (Å²) in [7, 11) is 0. The monoisotopic (exact) mass is 308 g/mol. The molecule has 1 aromatic rings. The topological polar surface area (TPSA) is 26.3 Å². The second kappa shape index (κ2) is 5.61. The number of carbonyl (C=O) groups excluding carboxylic acids is 1. The minimum atomic E-state index is -4.84. The van der Waals surface area contributed by atoms with Crippen molar-refractivity contribution in [3.8, 4) is 5.75 Å². The van der Waals surface area contributed by atoms with E-state index in [9.17, 15) is 26.7 Å². The zero-order valence-electron chi connectivity index (χ0n) is 10.9. The van der Waals surface area contributed by atoms with E-state index >= 15 is 0 Å². The molecular formula is C14H13F5O2. The number of hydrogen-bond donors (Lipinski definition) is 0. The zero-order chi connectivity index (χ0) is 15.7. The van der Waals surface area contributed by atoms with E-state index in [2.05, 4.69) is 4.74 Å². The highest BCUT2D eigenvalue weighted by Crippen LogP contribution is 2.37. The zero-order valence-corrected chi connectivity index (χ0v) is 10.9. The Hall–Kier alpha value is -1.66. The molecule has 1 aliphatic rings. The first-order valence-corrected chi connectivity index (χ1v) is 6.44. The predicted octanol–water partition coefficient (Wildman–Crippen LogP) is 4.59. The van der Waals surface area contributed by atoms with E-state index in [1.54, 1.807) is 0 Å². The highest BCUT2D eigenvalue weighted by molar-refractivity contribution is 5.98. The molecule has 0 radical (unpaired) electrons. The minimum absolute atomic E-state index is 0.0379. The van der Waals surface area contributed by atoms with Crippen LogP contribution < -0.4 is 4.74 Å². The van der Waals surface area contributed by atoms with Crippen molar-refractivity contribution in [2.45, 2.75) is 38.0 Å². The Morgan fingerprint density at radius 1 is 1.19 bits per heavy atom. The van der Waals surface area contributed by atoms with E-state index < -0.39 is 29.7 Å². The van der Waals surface area contributed by atoms with Gasteiger partial charge >= 0.3 is 6.36 Å². The molecule has 0 N–H and O–H groups in total. The SMILES string of the molecule is O=C(c1cccc(OC(F)(F)F)c1)C1CCC(F)(F)CC1. The molecule has 0 heterocycles. The lowest BCUT2D eigenvalue weighted by atomic mass is 9.82. The van der Waals surface area contributed by atoms with Gasteiger partial charge in [0.25, 0.3) is 0 Å². The van der Waals surface area contributed by atoms with Crippen LogP contribution in [0.3, 0.4) is 0 Å². The van der Waals surface area contributed by atoms with Gasteiger partial charge in [-0.15, -0.1) is 13.2 Å². The third kappa shape index (κ3) is 4.41. The Kier molecular flexibility index (Phi) is 4.20. The molecule has 0 saturated heterocycles. The van der Waals surface area contributed by atoms with Crippen molar-refractivity contribution in [2.24, 2.45) is 5.92 Å². The number of Topliss-reactive ketones (excluding diaryl/α,β-unsaturated/α-hetero) is 1. The summed E-state index contributed by atoms with van der Waals surface area (Å²) in [5.74, 6) is -4.24. The Balaban J connectivity index is 2.08. The summed E-state index contributed by atoms with van der Waals surface area (Å²) < 4.78 is 66.2. The van der Waals surface area contributed by atoms with Crippen LogP contribution in [-0.2, 0) is 0 Å². The summed E-state index contributed by atoms with van der Waals surface area (Å²) in [5.41, 5.74) is 0.0481. The van der Waals surface area contributed by atoms with E-state index in [0.29, 0.717) is 0 Å². The number of hydrogen-bond acceptors (Lipinski definition) is 2. The van der Waals surface area contributed by atoms with Gasteiger partial charge in [-0.1, -0.05) is 12.1 Å². The molecular weight excluding hydrogens is 295 g/mol. The van der Waals surface area contributed by atoms with Crippen LogP contribution in [0.5, 0.6) is 5.75 Å². The Morgan fingerprint density at radius 3 is 2.38 bits per heavy atom. The van der Waals surface area contributed by atoms with Crippen molar-refractivity contribution in [3.63, 3.8) is 0 Å². The highest BCUT2D eigenvalue weighted by atomic mass is 19.4. The van der Waals surface area contributed by atoms with Crippen molar-refractivity contribution in [1.82, 2.24) is 0 Å². The maximum atomic E-state index is 13.0. The van der Waals surface area contributed by atoms with Gasteiger partial charge in [-0.25, -0.2) is 8.78 Å². The molecule has 0 aliphatic heterocycles. The molecule has 21 heavy (non-hydrogen) atoms. The summed E-state index contributed by atoms with van der Waals surface area (Å²) in [4.78, 5) is 12.1. The molecule has 1 saturated carbocycles. The van der Waals surface area contributed by atoms with Crippen LogP contribution in [0.4, 0.5) is 22.0 Å². The summed E-state index contributed by atoms with van der Waals surface area (Å²) in [6.07, 6.45) is -5.51. The van der Waals surface area contributed by atoms with Crippen LogP contribution in [0.25, 0.3) is 0 Å². The van der Waals surface area contributed by atoms with Crippen LogP contribution >= 0.6 is 0 Å². The van der Waals surface area contributed by atoms with Gasteiger partial charge in [-0.05, 0) is 25.0 Å². The largest absolute Gasteiger partial charge is 0.573 e. The quantitative estimate of drug-likeness (QED) is 0.603. The lowest BCUT2D eigenvalue weighted by molar-refractivity contribution is -0.274. The Bertz CT molecular complexity index is 514. The van der Waals surface area contributed by atoms with E-state index in [1.807, 2.05) is 0 Å². The molecule has 0 amide bonds. The average molecular weight is 308 g/mol. The van der Waals surface area contributed by atoms with Gasteiger partial charge in [0, 0.05) is 24.3 Å². The molecule has 0 spiro atoms. The Morgan fingerprint density at radius 2 is 1.81 bits per heavy atom. The number of carbonyl (C=O) groups is 1. The van der Waals surface area contributed by atoms with Gasteiger partial charge in [-0.3, -0.25) is 4.79 Å². The molecule has 2 rings (SSSR count). The fourth-order valence-electron chi connectivity index (χ4n) is 2.38. The second-order valence-corrected chi connectivity index (χ2v) is 5.07. The van der Waals surface area contributed by atoms with Crippen molar-refractivity contribution in [1.29, 1.82) is 0 Å². The van der Waals surface area contributed by atoms with Crippen molar-refractivity contribution in [3.05, 3.63) is 29.8 Å². The summed E-state index contributed by atoms with van der Waals surface area (Å²) in [5, 5.41) is 0. The predicted molar refractivity (Wildman–Crippen MR) is 64.4 cm³/mol. The first-order valence-electron chi connectivity index (χ1n) is 6.44. The first kappa shape index (κ1) is 15.7. The first-order chi connectivity index (χ1) is 9.66. The van der Waals surface area contributed by atoms with Crippen molar-refractivity contribution < 1.29 is 31.5 Å². The molecule has 1 aliphatic carbocycles. The molecule has 0 aromatic heterocycles. The summed E-state index contributed by atoms with van der Waals surface area (Å²) in [6.45, 7) is 0. The van der Waals surface area contributed by atoms with Crippen molar-refractivity contribution in [2.75, 3.05) is 0 Å². The smallest absolute Gasteiger partial charge is 0.406 e. The number of benzene rings is 1. The van der Waals surface area contributed by atoms with E-state index in [4.69, 9.17) is 0 Å². The molecule has 1 aromatic carbocycles. The van der Waals surface area contributed by atoms with Crippen LogP contribution in [0.15, 0.2) is 24.3 Å². The third-order valence-corrected chi connectivity index (χ3v) is 3.44. The maximum absolute atomic E-state index is 13.0. The molecule has 0 atom stereocenters. The van der Waals surface area contributed by atoms with Gasteiger partial charge in [0.05, 0.1) is 0 Å². The van der Waals surface area contributed by atoms with Crippen molar-refractivity contribution >= 4 is 5.78 Å². The van der Waals surface area contributed by atoms with Gasteiger partial charge in [0.2, 0.25) is 5.92 Å². The van der Waals surface area contributed by atoms with Crippen LogP contribution in [0.1, 0.15) is 36.0 Å².